The summed E-state index contributed by atoms with van der Waals surface area (Å²) < 4.78 is 12.8. The molecule has 1 amide bonds. The van der Waals surface area contributed by atoms with E-state index in [9.17, 15) is 9.59 Å². The zero-order valence-electron chi connectivity index (χ0n) is 20.7. The average molecular weight is 523 g/mol. The van der Waals surface area contributed by atoms with E-state index in [1.54, 1.807) is 18.8 Å². The minimum atomic E-state index is -0.176. The minimum Gasteiger partial charge on any atom is -0.493 e. The molecule has 36 heavy (non-hydrogen) atoms. The largest absolute Gasteiger partial charge is 0.493 e. The van der Waals surface area contributed by atoms with E-state index in [0.29, 0.717) is 34.5 Å². The predicted octanol–water partition coefficient (Wildman–Crippen LogP) is 5.53. The van der Waals surface area contributed by atoms with Crippen LogP contribution in [0.5, 0.6) is 11.5 Å². The van der Waals surface area contributed by atoms with Crippen molar-refractivity contribution in [3.8, 4) is 11.5 Å². The molecule has 8 heteroatoms. The smallest absolute Gasteiger partial charge is 0.308 e. The second-order valence-electron chi connectivity index (χ2n) is 10.1. The average Bonchev–Trinajstić information content (AvgIpc) is 3.58. The fourth-order valence-corrected chi connectivity index (χ4v) is 9.70. The SMILES string of the molecule is COc1ccc([C@@H]2c3sc(=O)n(CC(=O)Nc4ccccc4C)c3SC3C4CCC(C4)C32)cc1OC. The molecule has 2 bridgehead atoms. The predicted molar refractivity (Wildman–Crippen MR) is 144 cm³/mol. The van der Waals surface area contributed by atoms with Gasteiger partial charge >= 0.3 is 4.87 Å². The van der Waals surface area contributed by atoms with Crippen molar-refractivity contribution in [3.63, 3.8) is 0 Å². The quantitative estimate of drug-likeness (QED) is 0.461. The number of nitrogens with zero attached hydrogens (tertiary/aromatic N) is 1. The van der Waals surface area contributed by atoms with Gasteiger partial charge in [-0.2, -0.15) is 0 Å². The third-order valence-electron chi connectivity index (χ3n) is 8.18. The Kier molecular flexibility index (Phi) is 6.12. The van der Waals surface area contributed by atoms with E-state index in [-0.39, 0.29) is 23.2 Å². The highest BCUT2D eigenvalue weighted by Gasteiger charge is 2.55. The monoisotopic (exact) mass is 522 g/mol. The summed E-state index contributed by atoms with van der Waals surface area (Å²) in [5.41, 5.74) is 2.94. The molecular formula is C28H30N2O4S2. The number of para-hydroxylation sites is 1. The Hall–Kier alpha value is -2.71. The van der Waals surface area contributed by atoms with E-state index in [2.05, 4.69) is 17.4 Å². The number of carbonyl (C=O) groups excluding carboxylic acids is 1. The number of rotatable bonds is 6. The molecule has 0 radical (unpaired) electrons. The summed E-state index contributed by atoms with van der Waals surface area (Å²) in [4.78, 5) is 27.4. The van der Waals surface area contributed by atoms with Gasteiger partial charge in [0, 0.05) is 21.7 Å². The third kappa shape index (κ3) is 3.86. The van der Waals surface area contributed by atoms with Crippen LogP contribution in [0.4, 0.5) is 5.69 Å². The van der Waals surface area contributed by atoms with Gasteiger partial charge in [0.1, 0.15) is 6.54 Å². The highest BCUT2D eigenvalue weighted by Crippen LogP contribution is 2.64. The first-order valence-corrected chi connectivity index (χ1v) is 14.2. The maximum atomic E-state index is 13.3. The number of benzene rings is 2. The van der Waals surface area contributed by atoms with Crippen LogP contribution in [0.2, 0.25) is 0 Å². The molecule has 1 N–H and O–H groups in total. The minimum absolute atomic E-state index is 0.0239. The summed E-state index contributed by atoms with van der Waals surface area (Å²) in [7, 11) is 3.30. The van der Waals surface area contributed by atoms with Crippen molar-refractivity contribution in [1.29, 1.82) is 0 Å². The third-order valence-corrected chi connectivity index (χ3v) is 11.0. The molecule has 6 nitrogen and oxygen atoms in total. The molecule has 2 aromatic carbocycles. The standard InChI is InChI=1S/C28H30N2O4S2/c1-15-6-4-5-7-19(15)29-22(31)14-30-27-26(36-28(30)32)24(17-10-11-20(33-2)21(13-17)34-3)23-16-8-9-18(12-16)25(23)35-27/h4-7,10-11,13,16,18,23-25H,8-9,12,14H2,1-3H3,(H,29,31)/t16?,18?,23?,24-,25?/m0/s1. The maximum absolute atomic E-state index is 13.3. The molecule has 0 spiro atoms. The first-order chi connectivity index (χ1) is 17.5. The zero-order chi connectivity index (χ0) is 25.0. The Labute approximate surface area is 219 Å². The molecule has 3 aliphatic rings. The molecule has 2 saturated carbocycles. The molecule has 2 fully saturated rings. The normalized spacial score (nSPS) is 25.8. The summed E-state index contributed by atoms with van der Waals surface area (Å²) in [5.74, 6) is 3.20. The number of aryl methyl sites for hydroxylation is 1. The van der Waals surface area contributed by atoms with E-state index >= 15 is 0 Å². The Morgan fingerprint density at radius 2 is 1.86 bits per heavy atom. The number of fused-ring (bicyclic) bond motifs is 6. The Morgan fingerprint density at radius 3 is 2.64 bits per heavy atom. The molecule has 5 atom stereocenters. The number of thiazole rings is 1. The van der Waals surface area contributed by atoms with Crippen LogP contribution in [0.3, 0.4) is 0 Å². The van der Waals surface area contributed by atoms with Gasteiger partial charge in [0.05, 0.1) is 19.2 Å². The lowest BCUT2D eigenvalue weighted by molar-refractivity contribution is -0.116. The molecule has 188 valence electrons. The molecule has 2 aliphatic carbocycles. The van der Waals surface area contributed by atoms with Crippen molar-refractivity contribution in [2.24, 2.45) is 17.8 Å². The summed E-state index contributed by atoms with van der Waals surface area (Å²) in [5, 5.41) is 4.43. The van der Waals surface area contributed by atoms with Crippen LogP contribution >= 0.6 is 23.1 Å². The number of anilines is 1. The van der Waals surface area contributed by atoms with Crippen molar-refractivity contribution in [3.05, 3.63) is 68.1 Å². The van der Waals surface area contributed by atoms with Crippen LogP contribution in [-0.4, -0.2) is 29.9 Å². The fraction of sp³-hybridized carbons (Fsp3) is 0.429. The molecule has 4 unspecified atom stereocenters. The number of aromatic nitrogens is 1. The van der Waals surface area contributed by atoms with Crippen LogP contribution in [0, 0.1) is 24.7 Å². The molecule has 2 heterocycles. The first-order valence-electron chi connectivity index (χ1n) is 12.5. The zero-order valence-corrected chi connectivity index (χ0v) is 22.3. The number of amides is 1. The van der Waals surface area contributed by atoms with Gasteiger partial charge in [-0.1, -0.05) is 35.6 Å². The summed E-state index contributed by atoms with van der Waals surface area (Å²) >= 11 is 3.15. The van der Waals surface area contributed by atoms with Crippen molar-refractivity contribution < 1.29 is 14.3 Å². The summed E-state index contributed by atoms with van der Waals surface area (Å²) in [6, 6.07) is 13.9. The molecular weight excluding hydrogens is 492 g/mol. The van der Waals surface area contributed by atoms with Crippen molar-refractivity contribution in [2.75, 3.05) is 19.5 Å². The van der Waals surface area contributed by atoms with Crippen LogP contribution < -0.4 is 19.7 Å². The lowest BCUT2D eigenvalue weighted by atomic mass is 9.75. The lowest BCUT2D eigenvalue weighted by Gasteiger charge is -2.40. The Bertz CT molecular complexity index is 1380. The van der Waals surface area contributed by atoms with Gasteiger partial charge in [-0.15, -0.1) is 11.8 Å². The van der Waals surface area contributed by atoms with Gasteiger partial charge in [-0.25, -0.2) is 0 Å². The molecule has 1 aromatic heterocycles. The van der Waals surface area contributed by atoms with Crippen LogP contribution in [-0.2, 0) is 11.3 Å². The first kappa shape index (κ1) is 23.7. The number of carbonyl (C=O) groups is 1. The number of nitrogens with one attached hydrogen (secondary N) is 1. The number of hydrogen-bond donors (Lipinski definition) is 1. The molecule has 6 rings (SSSR count). The van der Waals surface area contributed by atoms with E-state index in [1.807, 2.05) is 49.0 Å². The topological polar surface area (TPSA) is 69.6 Å². The van der Waals surface area contributed by atoms with Crippen LogP contribution in [0.15, 0.2) is 52.3 Å². The van der Waals surface area contributed by atoms with Crippen LogP contribution in [0.25, 0.3) is 0 Å². The molecule has 3 aromatic rings. The Balaban J connectivity index is 1.39. The van der Waals surface area contributed by atoms with E-state index in [4.69, 9.17) is 9.47 Å². The maximum Gasteiger partial charge on any atom is 0.308 e. The van der Waals surface area contributed by atoms with Gasteiger partial charge in [0.15, 0.2) is 11.5 Å². The number of thioether (sulfide) groups is 1. The van der Waals surface area contributed by atoms with Gasteiger partial charge in [0.2, 0.25) is 5.91 Å². The van der Waals surface area contributed by atoms with E-state index < -0.39 is 0 Å². The van der Waals surface area contributed by atoms with E-state index in [0.717, 1.165) is 26.7 Å². The second kappa shape index (κ2) is 9.30. The van der Waals surface area contributed by atoms with Crippen molar-refractivity contribution >= 4 is 34.7 Å². The molecule has 1 aliphatic heterocycles. The summed E-state index contributed by atoms with van der Waals surface area (Å²) in [6.45, 7) is 1.99. The van der Waals surface area contributed by atoms with Crippen molar-refractivity contribution in [1.82, 2.24) is 4.57 Å². The van der Waals surface area contributed by atoms with Crippen LogP contribution in [0.1, 0.15) is 41.2 Å². The highest BCUT2D eigenvalue weighted by molar-refractivity contribution is 8.00. The van der Waals surface area contributed by atoms with Gasteiger partial charge in [0.25, 0.3) is 0 Å². The number of methoxy groups -OCH3 is 2. The van der Waals surface area contributed by atoms with Gasteiger partial charge in [-0.05, 0) is 73.3 Å². The fourth-order valence-electron chi connectivity index (χ4n) is 6.55. The summed E-state index contributed by atoms with van der Waals surface area (Å²) in [6.07, 6.45) is 3.79. The number of ether oxygens (including phenoxy) is 2. The number of hydrogen-bond acceptors (Lipinski definition) is 6. The molecule has 0 saturated heterocycles. The lowest BCUT2D eigenvalue weighted by Crippen LogP contribution is -2.34. The highest BCUT2D eigenvalue weighted by atomic mass is 32.2. The van der Waals surface area contributed by atoms with E-state index in [1.165, 1.54) is 30.6 Å². The van der Waals surface area contributed by atoms with Gasteiger partial charge < -0.3 is 14.8 Å². The van der Waals surface area contributed by atoms with Crippen molar-refractivity contribution in [2.45, 2.75) is 48.9 Å². The second-order valence-corrected chi connectivity index (χ2v) is 12.2. The van der Waals surface area contributed by atoms with Gasteiger partial charge in [-0.3, -0.25) is 14.2 Å². The Morgan fingerprint density at radius 1 is 1.08 bits per heavy atom.